The summed E-state index contributed by atoms with van der Waals surface area (Å²) in [5.41, 5.74) is 1.73. The maximum absolute atomic E-state index is 14.5. The Bertz CT molecular complexity index is 1390. The Labute approximate surface area is 274 Å². The first-order valence-electron chi connectivity index (χ1n) is 16.2. The van der Waals surface area contributed by atoms with Crippen LogP contribution in [-0.2, 0) is 25.7 Å². The van der Waals surface area contributed by atoms with E-state index < -0.39 is 47.0 Å². The SMILES string of the molecule is Cc1ncsc1-c1ccc(CNC(=O)[C@@H]2C[C@@H](O)CN2C(=O)C(NC(=O)C2(F)CC2)C(C)(C)C)c(OCCCCCCCC=O)c1. The van der Waals surface area contributed by atoms with Crippen LogP contribution in [0.5, 0.6) is 5.75 Å². The Morgan fingerprint density at radius 2 is 1.91 bits per heavy atom. The average Bonchev–Trinajstić information content (AvgIpc) is 3.42. The van der Waals surface area contributed by atoms with Crippen LogP contribution in [0.15, 0.2) is 23.7 Å². The number of aryl methyl sites for hydroxylation is 1. The Hall–Kier alpha value is -3.38. The number of benzene rings is 1. The molecule has 0 spiro atoms. The number of halogens is 1. The van der Waals surface area contributed by atoms with Crippen molar-refractivity contribution in [1.82, 2.24) is 20.5 Å². The minimum atomic E-state index is -1.95. The summed E-state index contributed by atoms with van der Waals surface area (Å²) < 4.78 is 20.7. The highest BCUT2D eigenvalue weighted by molar-refractivity contribution is 7.13. The van der Waals surface area contributed by atoms with Gasteiger partial charge in [-0.1, -0.05) is 52.2 Å². The number of unbranched alkanes of at least 4 members (excludes halogenated alkanes) is 5. The van der Waals surface area contributed by atoms with Crippen molar-refractivity contribution in [2.45, 2.75) is 116 Å². The van der Waals surface area contributed by atoms with Gasteiger partial charge in [0, 0.05) is 31.5 Å². The van der Waals surface area contributed by atoms with Gasteiger partial charge in [0.15, 0.2) is 5.67 Å². The van der Waals surface area contributed by atoms with Crippen LogP contribution in [0.25, 0.3) is 10.4 Å². The first-order valence-corrected chi connectivity index (χ1v) is 17.1. The van der Waals surface area contributed by atoms with E-state index in [1.54, 1.807) is 26.3 Å². The molecule has 3 N–H and O–H groups in total. The van der Waals surface area contributed by atoms with E-state index in [0.29, 0.717) is 18.8 Å². The number of rotatable bonds is 16. The van der Waals surface area contributed by atoms with Gasteiger partial charge in [-0.15, -0.1) is 11.3 Å². The third kappa shape index (κ3) is 9.12. The summed E-state index contributed by atoms with van der Waals surface area (Å²) in [4.78, 5) is 57.0. The van der Waals surface area contributed by atoms with Crippen LogP contribution < -0.4 is 15.4 Å². The normalized spacial score (nSPS) is 19.4. The number of carbonyl (C=O) groups is 4. The number of hydrogen-bond acceptors (Lipinski definition) is 8. The molecule has 2 aliphatic rings. The maximum atomic E-state index is 14.5. The number of carbonyl (C=O) groups excluding carboxylic acids is 4. The van der Waals surface area contributed by atoms with Gasteiger partial charge in [-0.2, -0.15) is 0 Å². The molecular weight excluding hydrogens is 611 g/mol. The van der Waals surface area contributed by atoms with Crippen LogP contribution in [0.2, 0.25) is 0 Å². The molecule has 1 aliphatic carbocycles. The number of hydrogen-bond donors (Lipinski definition) is 3. The molecule has 252 valence electrons. The highest BCUT2D eigenvalue weighted by atomic mass is 32.1. The topological polar surface area (TPSA) is 138 Å². The van der Waals surface area contributed by atoms with Crippen LogP contribution in [-0.4, -0.2) is 76.0 Å². The minimum Gasteiger partial charge on any atom is -0.493 e. The molecule has 0 bridgehead atoms. The van der Waals surface area contributed by atoms with E-state index in [4.69, 9.17) is 4.74 Å². The Morgan fingerprint density at radius 1 is 1.20 bits per heavy atom. The second-order valence-corrected chi connectivity index (χ2v) is 14.4. The van der Waals surface area contributed by atoms with Crippen LogP contribution in [0, 0.1) is 12.3 Å². The van der Waals surface area contributed by atoms with Gasteiger partial charge >= 0.3 is 0 Å². The van der Waals surface area contributed by atoms with Crippen molar-refractivity contribution in [2.75, 3.05) is 13.2 Å². The van der Waals surface area contributed by atoms with Crippen molar-refractivity contribution in [2.24, 2.45) is 5.41 Å². The average molecular weight is 659 g/mol. The van der Waals surface area contributed by atoms with Crippen LogP contribution in [0.3, 0.4) is 0 Å². The van der Waals surface area contributed by atoms with Crippen molar-refractivity contribution in [3.05, 3.63) is 35.0 Å². The summed E-state index contributed by atoms with van der Waals surface area (Å²) in [5.74, 6) is -1.14. The van der Waals surface area contributed by atoms with E-state index in [1.807, 2.05) is 25.1 Å². The van der Waals surface area contributed by atoms with Crippen LogP contribution in [0.1, 0.15) is 89.8 Å². The number of aliphatic hydroxyl groups is 1. The van der Waals surface area contributed by atoms with Gasteiger partial charge in [0.1, 0.15) is 24.1 Å². The van der Waals surface area contributed by atoms with E-state index in [0.717, 1.165) is 60.1 Å². The second-order valence-electron chi connectivity index (χ2n) is 13.5. The highest BCUT2D eigenvalue weighted by Gasteiger charge is 2.53. The molecule has 3 amide bonds. The van der Waals surface area contributed by atoms with Gasteiger partial charge < -0.3 is 30.2 Å². The van der Waals surface area contributed by atoms with E-state index in [9.17, 15) is 28.7 Å². The number of ether oxygens (including phenoxy) is 1. The highest BCUT2D eigenvalue weighted by Crippen LogP contribution is 2.40. The molecule has 2 heterocycles. The van der Waals surface area contributed by atoms with Gasteiger partial charge in [-0.25, -0.2) is 9.37 Å². The van der Waals surface area contributed by atoms with E-state index in [2.05, 4.69) is 15.6 Å². The molecule has 10 nitrogen and oxygen atoms in total. The largest absolute Gasteiger partial charge is 0.493 e. The first-order chi connectivity index (χ1) is 21.8. The number of aromatic nitrogens is 1. The molecule has 46 heavy (non-hydrogen) atoms. The smallest absolute Gasteiger partial charge is 0.258 e. The molecule has 1 aromatic carbocycles. The second kappa shape index (κ2) is 15.5. The summed E-state index contributed by atoms with van der Waals surface area (Å²) in [6.07, 6.45) is 5.68. The fourth-order valence-corrected chi connectivity index (χ4v) is 6.42. The Balaban J connectivity index is 1.43. The summed E-state index contributed by atoms with van der Waals surface area (Å²) in [6.45, 7) is 7.82. The predicted octanol–water partition coefficient (Wildman–Crippen LogP) is 4.65. The number of thiazole rings is 1. The molecule has 4 rings (SSSR count). The van der Waals surface area contributed by atoms with E-state index in [1.165, 1.54) is 16.2 Å². The van der Waals surface area contributed by atoms with Gasteiger partial charge in [0.05, 0.1) is 28.8 Å². The predicted molar refractivity (Wildman–Crippen MR) is 174 cm³/mol. The maximum Gasteiger partial charge on any atom is 0.258 e. The molecule has 3 atom stereocenters. The Morgan fingerprint density at radius 3 is 2.57 bits per heavy atom. The number of aldehydes is 1. The monoisotopic (exact) mass is 658 g/mol. The quantitative estimate of drug-likeness (QED) is 0.176. The molecule has 1 saturated carbocycles. The molecule has 1 aromatic heterocycles. The molecule has 1 saturated heterocycles. The molecule has 2 aromatic rings. The van der Waals surface area contributed by atoms with E-state index >= 15 is 0 Å². The van der Waals surface area contributed by atoms with Gasteiger partial charge in [0.2, 0.25) is 11.8 Å². The fraction of sp³-hybridized carbons (Fsp3) is 0.618. The van der Waals surface area contributed by atoms with Crippen LogP contribution in [0.4, 0.5) is 4.39 Å². The number of alkyl halides is 1. The lowest BCUT2D eigenvalue weighted by Gasteiger charge is -2.35. The molecule has 1 unspecified atom stereocenters. The van der Waals surface area contributed by atoms with E-state index in [-0.39, 0.29) is 32.4 Å². The van der Waals surface area contributed by atoms with Gasteiger partial charge in [0.25, 0.3) is 5.91 Å². The van der Waals surface area contributed by atoms with Crippen molar-refractivity contribution < 1.29 is 33.4 Å². The lowest BCUT2D eigenvalue weighted by Crippen LogP contribution is -2.59. The van der Waals surface area contributed by atoms with Crippen LogP contribution >= 0.6 is 11.3 Å². The number of aliphatic hydroxyl groups excluding tert-OH is 1. The summed E-state index contributed by atoms with van der Waals surface area (Å²) in [7, 11) is 0. The summed E-state index contributed by atoms with van der Waals surface area (Å²) >= 11 is 1.54. The number of likely N-dealkylation sites (tertiary alicyclic amines) is 1. The lowest BCUT2D eigenvalue weighted by molar-refractivity contribution is -0.145. The summed E-state index contributed by atoms with van der Waals surface area (Å²) in [5, 5.41) is 16.0. The molecule has 1 aliphatic heterocycles. The number of β-amino-alcohol motifs (C(OH)–C–C–N with tert-alkyl or cyclic N) is 1. The fourth-order valence-electron chi connectivity index (χ4n) is 5.62. The van der Waals surface area contributed by atoms with Gasteiger partial charge in [-0.05, 0) is 49.7 Å². The lowest BCUT2D eigenvalue weighted by atomic mass is 9.85. The zero-order valence-corrected chi connectivity index (χ0v) is 28.1. The number of nitrogens with one attached hydrogen (secondary N) is 2. The van der Waals surface area contributed by atoms with Gasteiger partial charge in [-0.3, -0.25) is 14.4 Å². The molecular formula is C34H47FN4O6S. The first kappa shape index (κ1) is 35.5. The zero-order chi connectivity index (χ0) is 33.5. The number of amides is 3. The zero-order valence-electron chi connectivity index (χ0n) is 27.3. The molecule has 0 radical (unpaired) electrons. The van der Waals surface area contributed by atoms with Crippen molar-refractivity contribution in [1.29, 1.82) is 0 Å². The summed E-state index contributed by atoms with van der Waals surface area (Å²) in [6, 6.07) is 3.81. The third-order valence-electron chi connectivity index (χ3n) is 8.60. The molecule has 2 fully saturated rings. The number of nitrogens with zero attached hydrogens (tertiary/aromatic N) is 2. The van der Waals surface area contributed by atoms with Crippen molar-refractivity contribution in [3.8, 4) is 16.2 Å². The third-order valence-corrected chi connectivity index (χ3v) is 9.58. The minimum absolute atomic E-state index is 0.0508. The van der Waals surface area contributed by atoms with Crippen molar-refractivity contribution >= 4 is 35.3 Å². The standard InChI is InChI=1S/C34H47FN4O6S/c1-22-28(46-21-37-22)23-11-12-24(27(17-23)45-16-10-8-6-5-7-9-15-40)19-36-30(42)26-18-25(41)20-39(26)31(43)29(33(2,3)4)38-32(44)34(35)13-14-34/h11-12,15,17,21,25-26,29,41H,5-10,13-14,16,18-20H2,1-4H3,(H,36,42)(H,38,44)/t25-,26+,29?/m1/s1. The van der Waals surface area contributed by atoms with Crippen molar-refractivity contribution in [3.63, 3.8) is 0 Å². The molecule has 12 heteroatoms. The Kier molecular flexibility index (Phi) is 11.9.